The number of carbonyl (C=O) groups is 1. The summed E-state index contributed by atoms with van der Waals surface area (Å²) in [6.07, 6.45) is -0.301. The largest absolute Gasteiger partial charge is 0.492 e. The fourth-order valence-corrected chi connectivity index (χ4v) is 2.41. The molecule has 2 amide bonds. The van der Waals surface area contributed by atoms with Crippen molar-refractivity contribution in [2.75, 3.05) is 26.8 Å². The second kappa shape index (κ2) is 9.80. The molecule has 24 heavy (non-hydrogen) atoms. The van der Waals surface area contributed by atoms with Crippen molar-refractivity contribution in [3.05, 3.63) is 65.2 Å². The zero-order valence-corrected chi connectivity index (χ0v) is 14.3. The minimum atomic E-state index is -0.301. The summed E-state index contributed by atoms with van der Waals surface area (Å²) in [5.74, 6) is 0.776. The predicted octanol–water partition coefficient (Wildman–Crippen LogP) is 3.41. The van der Waals surface area contributed by atoms with Gasteiger partial charge in [0.15, 0.2) is 0 Å². The number of para-hydroxylation sites is 1. The van der Waals surface area contributed by atoms with Crippen molar-refractivity contribution < 1.29 is 14.3 Å². The van der Waals surface area contributed by atoms with Gasteiger partial charge in [0.1, 0.15) is 18.5 Å². The lowest BCUT2D eigenvalue weighted by atomic mass is 10.1. The molecule has 0 aliphatic carbocycles. The van der Waals surface area contributed by atoms with Crippen LogP contribution in [-0.2, 0) is 4.74 Å². The Bertz CT molecular complexity index is 637. The van der Waals surface area contributed by atoms with Crippen LogP contribution >= 0.6 is 11.6 Å². The van der Waals surface area contributed by atoms with Crippen LogP contribution in [0, 0.1) is 0 Å². The van der Waals surface area contributed by atoms with Gasteiger partial charge in [-0.15, -0.1) is 0 Å². The second-order valence-electron chi connectivity index (χ2n) is 5.04. The van der Waals surface area contributed by atoms with Crippen molar-refractivity contribution in [3.8, 4) is 5.75 Å². The van der Waals surface area contributed by atoms with E-state index >= 15 is 0 Å². The molecule has 0 radical (unpaired) electrons. The van der Waals surface area contributed by atoms with Gasteiger partial charge in [0, 0.05) is 24.2 Å². The quantitative estimate of drug-likeness (QED) is 0.719. The summed E-state index contributed by atoms with van der Waals surface area (Å²) in [5, 5.41) is 6.12. The van der Waals surface area contributed by atoms with Gasteiger partial charge < -0.3 is 20.1 Å². The molecular formula is C18H21ClN2O3. The maximum Gasteiger partial charge on any atom is 0.315 e. The van der Waals surface area contributed by atoms with Gasteiger partial charge >= 0.3 is 6.03 Å². The van der Waals surface area contributed by atoms with Crippen molar-refractivity contribution in [2.45, 2.75) is 6.10 Å². The van der Waals surface area contributed by atoms with Gasteiger partial charge in [-0.25, -0.2) is 4.79 Å². The summed E-state index contributed by atoms with van der Waals surface area (Å²) in [6.45, 7) is 1.13. The predicted molar refractivity (Wildman–Crippen MR) is 94.5 cm³/mol. The Kier molecular flexibility index (Phi) is 7.39. The summed E-state index contributed by atoms with van der Waals surface area (Å²) >= 11 is 6.15. The first-order valence-electron chi connectivity index (χ1n) is 7.67. The van der Waals surface area contributed by atoms with Crippen molar-refractivity contribution in [3.63, 3.8) is 0 Å². The van der Waals surface area contributed by atoms with Gasteiger partial charge in [0.2, 0.25) is 0 Å². The first-order chi connectivity index (χ1) is 11.7. The third-order valence-corrected chi connectivity index (χ3v) is 3.73. The zero-order chi connectivity index (χ0) is 17.2. The number of halogens is 1. The summed E-state index contributed by atoms with van der Waals surface area (Å²) in [5.41, 5.74) is 0.842. The van der Waals surface area contributed by atoms with Crippen LogP contribution in [-0.4, -0.2) is 32.8 Å². The molecule has 1 atom stereocenters. The van der Waals surface area contributed by atoms with E-state index in [1.54, 1.807) is 13.2 Å². The normalized spacial score (nSPS) is 11.6. The maximum absolute atomic E-state index is 11.8. The number of hydrogen-bond donors (Lipinski definition) is 2. The van der Waals surface area contributed by atoms with E-state index in [4.69, 9.17) is 21.1 Å². The molecule has 2 aromatic rings. The summed E-state index contributed by atoms with van der Waals surface area (Å²) in [4.78, 5) is 11.8. The van der Waals surface area contributed by atoms with Crippen LogP contribution in [0.5, 0.6) is 5.75 Å². The lowest BCUT2D eigenvalue weighted by Gasteiger charge is -2.18. The van der Waals surface area contributed by atoms with E-state index in [1.165, 1.54) is 0 Å². The van der Waals surface area contributed by atoms with Gasteiger partial charge in [0.25, 0.3) is 0 Å². The summed E-state index contributed by atoms with van der Waals surface area (Å²) in [6, 6.07) is 16.6. The van der Waals surface area contributed by atoms with Gasteiger partial charge in [-0.05, 0) is 18.2 Å². The molecule has 0 bridgehead atoms. The van der Waals surface area contributed by atoms with E-state index in [0.717, 1.165) is 11.3 Å². The van der Waals surface area contributed by atoms with Crippen LogP contribution in [0.1, 0.15) is 11.7 Å². The number of benzene rings is 2. The Morgan fingerprint density at radius 3 is 2.50 bits per heavy atom. The molecule has 0 saturated carbocycles. The summed E-state index contributed by atoms with van der Waals surface area (Å²) < 4.78 is 10.9. The highest BCUT2D eigenvalue weighted by molar-refractivity contribution is 6.31. The highest BCUT2D eigenvalue weighted by atomic mass is 35.5. The minimum Gasteiger partial charge on any atom is -0.492 e. The molecule has 6 heteroatoms. The molecule has 0 spiro atoms. The lowest BCUT2D eigenvalue weighted by Crippen LogP contribution is -2.39. The van der Waals surface area contributed by atoms with E-state index in [9.17, 15) is 4.79 Å². The first-order valence-corrected chi connectivity index (χ1v) is 8.05. The monoisotopic (exact) mass is 348 g/mol. The van der Waals surface area contributed by atoms with Crippen LogP contribution in [0.25, 0.3) is 0 Å². The standard InChI is InChI=1S/C18H21ClN2O3/c1-23-17(15-9-5-6-10-16(15)19)13-21-18(22)20-11-12-24-14-7-3-2-4-8-14/h2-10,17H,11-13H2,1H3,(H2,20,21,22)/t17-/m1/s1. The average Bonchev–Trinajstić information content (AvgIpc) is 2.61. The van der Waals surface area contributed by atoms with Crippen molar-refractivity contribution in [2.24, 2.45) is 0 Å². The third kappa shape index (κ3) is 5.76. The summed E-state index contributed by atoms with van der Waals surface area (Å²) in [7, 11) is 1.58. The zero-order valence-electron chi connectivity index (χ0n) is 13.5. The second-order valence-corrected chi connectivity index (χ2v) is 5.45. The van der Waals surface area contributed by atoms with Gasteiger partial charge in [-0.2, -0.15) is 0 Å². The number of rotatable bonds is 8. The SMILES string of the molecule is CO[C@H](CNC(=O)NCCOc1ccccc1)c1ccccc1Cl. The Labute approximate surface area is 146 Å². The van der Waals surface area contributed by atoms with E-state index < -0.39 is 0 Å². The first kappa shape index (κ1) is 18.1. The van der Waals surface area contributed by atoms with E-state index in [0.29, 0.717) is 24.7 Å². The number of amides is 2. The molecule has 0 fully saturated rings. The highest BCUT2D eigenvalue weighted by Gasteiger charge is 2.14. The smallest absolute Gasteiger partial charge is 0.315 e. The van der Waals surface area contributed by atoms with Crippen LogP contribution in [0.15, 0.2) is 54.6 Å². The number of carbonyl (C=O) groups excluding carboxylic acids is 1. The lowest BCUT2D eigenvalue weighted by molar-refractivity contribution is 0.104. The molecule has 0 heterocycles. The van der Waals surface area contributed by atoms with E-state index in [2.05, 4.69) is 10.6 Å². The number of nitrogens with one attached hydrogen (secondary N) is 2. The number of methoxy groups -OCH3 is 1. The van der Waals surface area contributed by atoms with Gasteiger partial charge in [-0.1, -0.05) is 48.0 Å². The Hall–Kier alpha value is -2.24. The molecule has 2 N–H and O–H groups in total. The fraction of sp³-hybridized carbons (Fsp3) is 0.278. The van der Waals surface area contributed by atoms with Crippen LogP contribution in [0.3, 0.4) is 0 Å². The minimum absolute atomic E-state index is 0.277. The van der Waals surface area contributed by atoms with Crippen LogP contribution in [0.2, 0.25) is 5.02 Å². The molecule has 128 valence electrons. The Morgan fingerprint density at radius 1 is 1.08 bits per heavy atom. The van der Waals surface area contributed by atoms with Crippen molar-refractivity contribution >= 4 is 17.6 Å². The molecule has 5 nitrogen and oxygen atoms in total. The van der Waals surface area contributed by atoms with Crippen LogP contribution < -0.4 is 15.4 Å². The molecule has 0 saturated heterocycles. The fourth-order valence-electron chi connectivity index (χ4n) is 2.15. The number of hydrogen-bond acceptors (Lipinski definition) is 3. The topological polar surface area (TPSA) is 59.6 Å². The number of ether oxygens (including phenoxy) is 2. The molecule has 0 aromatic heterocycles. The molecule has 0 aliphatic rings. The van der Waals surface area contributed by atoms with Gasteiger partial charge in [0.05, 0.1) is 6.54 Å². The molecule has 0 unspecified atom stereocenters. The number of urea groups is 1. The highest BCUT2D eigenvalue weighted by Crippen LogP contribution is 2.24. The van der Waals surface area contributed by atoms with Crippen molar-refractivity contribution in [1.29, 1.82) is 0 Å². The molecular weight excluding hydrogens is 328 g/mol. The Morgan fingerprint density at radius 2 is 1.79 bits per heavy atom. The average molecular weight is 349 g/mol. The third-order valence-electron chi connectivity index (χ3n) is 3.38. The van der Waals surface area contributed by atoms with Crippen LogP contribution in [0.4, 0.5) is 4.79 Å². The Balaban J connectivity index is 1.69. The van der Waals surface area contributed by atoms with E-state index in [-0.39, 0.29) is 12.1 Å². The maximum atomic E-state index is 11.8. The molecule has 2 rings (SSSR count). The molecule has 0 aliphatic heterocycles. The molecule has 2 aromatic carbocycles. The van der Waals surface area contributed by atoms with E-state index in [1.807, 2.05) is 48.5 Å². The van der Waals surface area contributed by atoms with Crippen molar-refractivity contribution in [1.82, 2.24) is 10.6 Å². The van der Waals surface area contributed by atoms with Gasteiger partial charge in [-0.3, -0.25) is 0 Å².